The minimum atomic E-state index is -0.561. The molecule has 0 aromatic heterocycles. The van der Waals surface area contributed by atoms with Crippen molar-refractivity contribution in [1.82, 2.24) is 5.32 Å². The molecule has 0 fully saturated rings. The number of Topliss-reactive ketones (excluding diaryl/α,β-unsaturated/α-hetero) is 1. The van der Waals surface area contributed by atoms with Gasteiger partial charge in [-0.2, -0.15) is 0 Å². The molecule has 20 heavy (non-hydrogen) atoms. The number of ketones is 1. The molecule has 0 radical (unpaired) electrons. The number of alkyl carbamates (subject to hydrolysis) is 1. The topological polar surface area (TPSA) is 55.4 Å². The van der Waals surface area contributed by atoms with Crippen LogP contribution in [0.1, 0.15) is 32.8 Å². The fourth-order valence-electron chi connectivity index (χ4n) is 1.51. The molecule has 5 heteroatoms. The highest BCUT2D eigenvalue weighted by Gasteiger charge is 2.16. The Labute approximate surface area is 128 Å². The molecular formula is C15H20BrNO3. The van der Waals surface area contributed by atoms with Gasteiger partial charge in [0.25, 0.3) is 0 Å². The maximum Gasteiger partial charge on any atom is 0.408 e. The van der Waals surface area contributed by atoms with Gasteiger partial charge in [-0.3, -0.25) is 4.79 Å². The first-order valence-corrected chi connectivity index (χ1v) is 7.28. The minimum Gasteiger partial charge on any atom is -0.444 e. The Morgan fingerprint density at radius 1 is 1.20 bits per heavy atom. The largest absolute Gasteiger partial charge is 0.444 e. The molecule has 4 nitrogen and oxygen atoms in total. The third kappa shape index (κ3) is 7.28. The first-order chi connectivity index (χ1) is 9.26. The number of carbonyl (C=O) groups excluding carboxylic acids is 2. The zero-order valence-electron chi connectivity index (χ0n) is 12.0. The van der Waals surface area contributed by atoms with Crippen molar-refractivity contribution in [2.24, 2.45) is 0 Å². The van der Waals surface area contributed by atoms with Crippen molar-refractivity contribution in [3.05, 3.63) is 34.3 Å². The number of hydrogen-bond donors (Lipinski definition) is 1. The Morgan fingerprint density at radius 2 is 1.80 bits per heavy atom. The van der Waals surface area contributed by atoms with E-state index in [0.717, 1.165) is 10.0 Å². The van der Waals surface area contributed by atoms with E-state index < -0.39 is 11.7 Å². The van der Waals surface area contributed by atoms with Crippen molar-refractivity contribution >= 4 is 27.8 Å². The third-order valence-corrected chi connectivity index (χ3v) is 2.96. The highest BCUT2D eigenvalue weighted by Crippen LogP contribution is 2.12. The molecule has 110 valence electrons. The van der Waals surface area contributed by atoms with E-state index in [4.69, 9.17) is 4.74 Å². The zero-order chi connectivity index (χ0) is 15.2. The number of halogens is 1. The summed E-state index contributed by atoms with van der Waals surface area (Å²) in [6, 6.07) is 7.83. The Bertz CT molecular complexity index is 463. The van der Waals surface area contributed by atoms with Crippen molar-refractivity contribution in [3.8, 4) is 0 Å². The molecule has 1 amide bonds. The first kappa shape index (κ1) is 16.7. The fourth-order valence-corrected chi connectivity index (χ4v) is 1.77. The molecular weight excluding hydrogens is 322 g/mol. The monoisotopic (exact) mass is 341 g/mol. The summed E-state index contributed by atoms with van der Waals surface area (Å²) in [5, 5.41) is 2.47. The average molecular weight is 342 g/mol. The molecule has 0 aliphatic rings. The van der Waals surface area contributed by atoms with Crippen LogP contribution < -0.4 is 5.32 Å². The second kappa shape index (κ2) is 7.43. The lowest BCUT2D eigenvalue weighted by Crippen LogP contribution is -2.35. The van der Waals surface area contributed by atoms with Gasteiger partial charge in [0, 0.05) is 10.9 Å². The Kier molecular flexibility index (Phi) is 6.20. The van der Waals surface area contributed by atoms with E-state index in [2.05, 4.69) is 21.2 Å². The molecule has 0 unspecified atom stereocenters. The van der Waals surface area contributed by atoms with Gasteiger partial charge in [0.2, 0.25) is 0 Å². The van der Waals surface area contributed by atoms with Gasteiger partial charge in [0.15, 0.2) is 5.78 Å². The van der Waals surface area contributed by atoms with Crippen molar-refractivity contribution in [2.75, 3.05) is 6.54 Å². The van der Waals surface area contributed by atoms with E-state index in [1.165, 1.54) is 0 Å². The zero-order valence-corrected chi connectivity index (χ0v) is 13.6. The molecule has 0 saturated heterocycles. The molecule has 0 bridgehead atoms. The fraction of sp³-hybridized carbons (Fsp3) is 0.467. The number of rotatable bonds is 5. The van der Waals surface area contributed by atoms with Crippen LogP contribution in [0, 0.1) is 0 Å². The number of ether oxygens (including phenoxy) is 1. The Hall–Kier alpha value is -1.36. The van der Waals surface area contributed by atoms with E-state index in [0.29, 0.717) is 12.8 Å². The van der Waals surface area contributed by atoms with Crippen LogP contribution in [0.15, 0.2) is 28.7 Å². The van der Waals surface area contributed by atoms with E-state index in [9.17, 15) is 9.59 Å². The predicted octanol–water partition coefficient (Wildman–Crippen LogP) is 3.48. The summed E-state index contributed by atoms with van der Waals surface area (Å²) in [6.45, 7) is 5.34. The van der Waals surface area contributed by atoms with Crippen LogP contribution in [0.4, 0.5) is 4.79 Å². The molecule has 0 aliphatic carbocycles. The van der Waals surface area contributed by atoms with Gasteiger partial charge in [0.1, 0.15) is 5.60 Å². The number of benzene rings is 1. The van der Waals surface area contributed by atoms with Gasteiger partial charge in [-0.15, -0.1) is 0 Å². The van der Waals surface area contributed by atoms with Crippen molar-refractivity contribution in [2.45, 2.75) is 39.2 Å². The van der Waals surface area contributed by atoms with Crippen molar-refractivity contribution in [3.63, 3.8) is 0 Å². The molecule has 0 atom stereocenters. The first-order valence-electron chi connectivity index (χ1n) is 6.49. The summed E-state index contributed by atoms with van der Waals surface area (Å²) < 4.78 is 6.07. The van der Waals surface area contributed by atoms with Crippen LogP contribution in [0.3, 0.4) is 0 Å². The van der Waals surface area contributed by atoms with Crippen molar-refractivity contribution < 1.29 is 14.3 Å². The predicted molar refractivity (Wildman–Crippen MR) is 81.7 cm³/mol. The van der Waals surface area contributed by atoms with Crippen LogP contribution in [0.2, 0.25) is 0 Å². The quantitative estimate of drug-likeness (QED) is 0.891. The highest BCUT2D eigenvalue weighted by atomic mass is 79.9. The summed E-state index contributed by atoms with van der Waals surface area (Å²) >= 11 is 3.36. The SMILES string of the molecule is CC(C)(C)OC(=O)NCC(=O)CCc1ccc(Br)cc1. The van der Waals surface area contributed by atoms with Gasteiger partial charge in [-0.05, 0) is 44.9 Å². The molecule has 0 saturated carbocycles. The Balaban J connectivity index is 2.27. The van der Waals surface area contributed by atoms with Gasteiger partial charge < -0.3 is 10.1 Å². The smallest absolute Gasteiger partial charge is 0.408 e. The van der Waals surface area contributed by atoms with Crippen LogP contribution in [0.5, 0.6) is 0 Å². The number of aryl methyl sites for hydroxylation is 1. The van der Waals surface area contributed by atoms with Gasteiger partial charge in [-0.1, -0.05) is 28.1 Å². The Morgan fingerprint density at radius 3 is 2.35 bits per heavy atom. The number of nitrogens with one attached hydrogen (secondary N) is 1. The summed E-state index contributed by atoms with van der Waals surface area (Å²) in [6.07, 6.45) is 0.508. The van der Waals surface area contributed by atoms with E-state index >= 15 is 0 Å². The summed E-state index contributed by atoms with van der Waals surface area (Å²) in [4.78, 5) is 23.1. The normalized spacial score (nSPS) is 11.0. The van der Waals surface area contributed by atoms with Crippen LogP contribution >= 0.6 is 15.9 Å². The van der Waals surface area contributed by atoms with Crippen LogP contribution in [0.25, 0.3) is 0 Å². The van der Waals surface area contributed by atoms with Gasteiger partial charge in [0.05, 0.1) is 6.54 Å². The average Bonchev–Trinajstić information content (AvgIpc) is 2.33. The number of amides is 1. The van der Waals surface area contributed by atoms with Gasteiger partial charge in [-0.25, -0.2) is 4.79 Å². The minimum absolute atomic E-state index is 0.00540. The van der Waals surface area contributed by atoms with Crippen LogP contribution in [-0.2, 0) is 16.0 Å². The molecule has 1 rings (SSSR count). The van der Waals surface area contributed by atoms with E-state index in [1.807, 2.05) is 24.3 Å². The molecule has 1 aromatic rings. The lowest BCUT2D eigenvalue weighted by atomic mass is 10.1. The summed E-state index contributed by atoms with van der Waals surface area (Å²) in [5.41, 5.74) is 0.545. The lowest BCUT2D eigenvalue weighted by molar-refractivity contribution is -0.118. The summed E-state index contributed by atoms with van der Waals surface area (Å²) in [5.74, 6) is -0.0150. The number of carbonyl (C=O) groups is 2. The van der Waals surface area contributed by atoms with Crippen LogP contribution in [-0.4, -0.2) is 24.0 Å². The van der Waals surface area contributed by atoms with E-state index in [1.54, 1.807) is 20.8 Å². The summed E-state index contributed by atoms with van der Waals surface area (Å²) in [7, 11) is 0. The molecule has 1 N–H and O–H groups in total. The standard InChI is InChI=1S/C15H20BrNO3/c1-15(2,3)20-14(19)17-10-13(18)9-6-11-4-7-12(16)8-5-11/h4-5,7-8H,6,9-10H2,1-3H3,(H,17,19). The third-order valence-electron chi connectivity index (χ3n) is 2.43. The highest BCUT2D eigenvalue weighted by molar-refractivity contribution is 9.10. The number of hydrogen-bond acceptors (Lipinski definition) is 3. The molecule has 0 heterocycles. The van der Waals surface area contributed by atoms with Crippen molar-refractivity contribution in [1.29, 1.82) is 0 Å². The molecule has 1 aromatic carbocycles. The molecule has 0 aliphatic heterocycles. The second-order valence-corrected chi connectivity index (χ2v) is 6.44. The second-order valence-electron chi connectivity index (χ2n) is 5.52. The maximum atomic E-state index is 11.7. The van der Waals surface area contributed by atoms with E-state index in [-0.39, 0.29) is 12.3 Å². The molecule has 0 spiro atoms. The lowest BCUT2D eigenvalue weighted by Gasteiger charge is -2.19. The maximum absolute atomic E-state index is 11.7. The van der Waals surface area contributed by atoms with Gasteiger partial charge >= 0.3 is 6.09 Å².